The van der Waals surface area contributed by atoms with Crippen LogP contribution in [0.5, 0.6) is 0 Å². The van der Waals surface area contributed by atoms with Crippen molar-refractivity contribution >= 4 is 17.7 Å². The number of anilines is 1. The Balaban J connectivity index is 1.58. The second-order valence-electron chi connectivity index (χ2n) is 5.64. The molecule has 0 radical (unpaired) electrons. The van der Waals surface area contributed by atoms with E-state index in [4.69, 9.17) is 4.74 Å². The van der Waals surface area contributed by atoms with Crippen molar-refractivity contribution < 1.29 is 14.3 Å². The number of rotatable bonds is 3. The molecule has 0 unspecified atom stereocenters. The van der Waals surface area contributed by atoms with Crippen molar-refractivity contribution in [3.05, 3.63) is 64.1 Å². The first kappa shape index (κ1) is 17.3. The number of nitrogens with one attached hydrogen (secondary N) is 1. The minimum absolute atomic E-state index is 0.0821. The maximum atomic E-state index is 12.0. The quantitative estimate of drug-likeness (QED) is 0.841. The van der Waals surface area contributed by atoms with Crippen LogP contribution < -0.4 is 15.8 Å². The van der Waals surface area contributed by atoms with E-state index in [0.29, 0.717) is 13.2 Å². The van der Waals surface area contributed by atoms with Gasteiger partial charge in [0.25, 0.3) is 11.5 Å². The highest BCUT2D eigenvalue weighted by molar-refractivity contribution is 5.94. The van der Waals surface area contributed by atoms with Gasteiger partial charge in [0.1, 0.15) is 12.2 Å². The van der Waals surface area contributed by atoms with Crippen molar-refractivity contribution in [2.24, 2.45) is 7.05 Å². The van der Waals surface area contributed by atoms with E-state index in [0.717, 1.165) is 11.3 Å². The number of nitrogens with zero attached hydrogens (tertiary/aromatic N) is 2. The molecule has 1 fully saturated rings. The molecule has 7 nitrogen and oxygen atoms in total. The molecule has 0 saturated carbocycles. The molecule has 2 aromatic rings. The van der Waals surface area contributed by atoms with Gasteiger partial charge in [0, 0.05) is 24.5 Å². The van der Waals surface area contributed by atoms with Gasteiger partial charge in [-0.3, -0.25) is 14.5 Å². The van der Waals surface area contributed by atoms with Crippen LogP contribution in [0.3, 0.4) is 0 Å². The number of pyridine rings is 1. The third-order valence-corrected chi connectivity index (χ3v) is 3.88. The number of aryl methyl sites for hydroxylation is 1. The van der Waals surface area contributed by atoms with Gasteiger partial charge < -0.3 is 14.6 Å². The zero-order valence-electron chi connectivity index (χ0n) is 14.2. The van der Waals surface area contributed by atoms with E-state index in [9.17, 15) is 14.4 Å². The van der Waals surface area contributed by atoms with Gasteiger partial charge in [-0.15, -0.1) is 0 Å². The number of carbonyl (C=O) groups excluding carboxylic acids is 2. The van der Waals surface area contributed by atoms with Crippen molar-refractivity contribution in [3.63, 3.8) is 0 Å². The molecule has 2 heterocycles. The summed E-state index contributed by atoms with van der Waals surface area (Å²) in [5.74, 6) is 5.31. The molecule has 0 aliphatic carbocycles. The van der Waals surface area contributed by atoms with Crippen LogP contribution in [0.4, 0.5) is 10.5 Å². The fourth-order valence-corrected chi connectivity index (χ4v) is 2.49. The predicted molar refractivity (Wildman–Crippen MR) is 96.0 cm³/mol. The number of benzene rings is 1. The van der Waals surface area contributed by atoms with Gasteiger partial charge in [-0.05, 0) is 36.4 Å². The molecular formula is C19H17N3O4. The van der Waals surface area contributed by atoms with Crippen molar-refractivity contribution in [1.29, 1.82) is 0 Å². The molecule has 1 aliphatic rings. The third kappa shape index (κ3) is 3.75. The number of cyclic esters (lactones) is 1. The Labute approximate surface area is 150 Å². The van der Waals surface area contributed by atoms with Gasteiger partial charge in [0.2, 0.25) is 0 Å². The average Bonchev–Trinajstić information content (AvgIpc) is 3.07. The second-order valence-corrected chi connectivity index (χ2v) is 5.64. The molecule has 0 spiro atoms. The molecule has 1 aromatic carbocycles. The Morgan fingerprint density at radius 2 is 2.00 bits per heavy atom. The van der Waals surface area contributed by atoms with Gasteiger partial charge in [-0.2, -0.15) is 0 Å². The van der Waals surface area contributed by atoms with Crippen LogP contribution in [-0.2, 0) is 11.8 Å². The fourth-order valence-electron chi connectivity index (χ4n) is 2.49. The molecule has 26 heavy (non-hydrogen) atoms. The number of carbonyl (C=O) groups is 2. The van der Waals surface area contributed by atoms with Gasteiger partial charge in [-0.25, -0.2) is 4.79 Å². The summed E-state index contributed by atoms with van der Waals surface area (Å²) in [6.45, 7) is 1.05. The van der Waals surface area contributed by atoms with Crippen molar-refractivity contribution in [1.82, 2.24) is 9.88 Å². The first-order valence-corrected chi connectivity index (χ1v) is 8.03. The molecule has 7 heteroatoms. The van der Waals surface area contributed by atoms with Gasteiger partial charge >= 0.3 is 6.09 Å². The maximum Gasteiger partial charge on any atom is 0.414 e. The Bertz CT molecular complexity index is 951. The molecule has 1 aromatic heterocycles. The molecule has 1 aliphatic heterocycles. The Kier molecular flexibility index (Phi) is 5.04. The second kappa shape index (κ2) is 7.57. The lowest BCUT2D eigenvalue weighted by Crippen LogP contribution is -2.32. The van der Waals surface area contributed by atoms with E-state index >= 15 is 0 Å². The maximum absolute atomic E-state index is 12.0. The van der Waals surface area contributed by atoms with Crippen molar-refractivity contribution in [2.45, 2.75) is 0 Å². The monoisotopic (exact) mass is 351 g/mol. The normalized spacial score (nSPS) is 13.0. The minimum Gasteiger partial charge on any atom is -0.447 e. The summed E-state index contributed by atoms with van der Waals surface area (Å²) in [6, 6.07) is 10.3. The summed E-state index contributed by atoms with van der Waals surface area (Å²) in [4.78, 5) is 36.9. The van der Waals surface area contributed by atoms with E-state index in [-0.39, 0.29) is 23.8 Å². The zero-order chi connectivity index (χ0) is 18.5. The molecule has 1 saturated heterocycles. The number of ether oxygens (including phenoxy) is 1. The topological polar surface area (TPSA) is 80.6 Å². The SMILES string of the molecule is Cn1cccc(C(=O)NCC#Cc2ccc(N3CCOC3=O)cc2)c1=O. The first-order valence-electron chi connectivity index (χ1n) is 8.03. The summed E-state index contributed by atoms with van der Waals surface area (Å²) in [6.07, 6.45) is 1.24. The minimum atomic E-state index is -0.455. The molecule has 1 N–H and O–H groups in total. The molecular weight excluding hydrogens is 334 g/mol. The highest BCUT2D eigenvalue weighted by atomic mass is 16.6. The van der Waals surface area contributed by atoms with Crippen molar-refractivity contribution in [3.8, 4) is 11.8 Å². The lowest BCUT2D eigenvalue weighted by molar-refractivity contribution is 0.0956. The van der Waals surface area contributed by atoms with E-state index < -0.39 is 5.91 Å². The molecule has 0 atom stereocenters. The average molecular weight is 351 g/mol. The Hall–Kier alpha value is -3.53. The van der Waals surface area contributed by atoms with Gasteiger partial charge in [0.15, 0.2) is 0 Å². The summed E-state index contributed by atoms with van der Waals surface area (Å²) in [5, 5.41) is 2.60. The lowest BCUT2D eigenvalue weighted by atomic mass is 10.2. The highest BCUT2D eigenvalue weighted by Crippen LogP contribution is 2.18. The van der Waals surface area contributed by atoms with Crippen LogP contribution in [0.25, 0.3) is 0 Å². The van der Waals surface area contributed by atoms with Crippen molar-refractivity contribution in [2.75, 3.05) is 24.6 Å². The highest BCUT2D eigenvalue weighted by Gasteiger charge is 2.23. The fraction of sp³-hybridized carbons (Fsp3) is 0.211. The van der Waals surface area contributed by atoms with E-state index in [2.05, 4.69) is 17.2 Å². The molecule has 2 amide bonds. The van der Waals surface area contributed by atoms with Gasteiger partial charge in [0.05, 0.1) is 13.1 Å². The molecule has 3 rings (SSSR count). The van der Waals surface area contributed by atoms with Crippen LogP contribution in [0.2, 0.25) is 0 Å². The first-order chi connectivity index (χ1) is 12.6. The van der Waals surface area contributed by atoms with Gasteiger partial charge in [-0.1, -0.05) is 11.8 Å². The van der Waals surface area contributed by atoms with E-state index in [1.807, 2.05) is 0 Å². The standard InChI is InChI=1S/C19H17N3O4/c1-21-11-3-5-16(18(21)24)17(23)20-10-2-4-14-6-8-15(9-7-14)22-12-13-26-19(22)25/h3,5-9,11H,10,12-13H2,1H3,(H,20,23). The smallest absolute Gasteiger partial charge is 0.414 e. The lowest BCUT2D eigenvalue weighted by Gasteiger charge is -2.11. The third-order valence-electron chi connectivity index (χ3n) is 3.88. The number of aromatic nitrogens is 1. The number of hydrogen-bond donors (Lipinski definition) is 1. The van der Waals surface area contributed by atoms with Crippen LogP contribution in [0.15, 0.2) is 47.4 Å². The van der Waals surface area contributed by atoms with Crippen LogP contribution in [-0.4, -0.2) is 36.3 Å². The van der Waals surface area contributed by atoms with Crippen LogP contribution >= 0.6 is 0 Å². The zero-order valence-corrected chi connectivity index (χ0v) is 14.2. The summed E-state index contributed by atoms with van der Waals surface area (Å²) < 4.78 is 6.24. The predicted octanol–water partition coefficient (Wildman–Crippen LogP) is 1.12. The van der Waals surface area contributed by atoms with E-state index in [1.54, 1.807) is 48.5 Å². The summed E-state index contributed by atoms with van der Waals surface area (Å²) in [7, 11) is 1.59. The van der Waals surface area contributed by atoms with Crippen LogP contribution in [0, 0.1) is 11.8 Å². The molecule has 0 bridgehead atoms. The molecule has 132 valence electrons. The Morgan fingerprint density at radius 3 is 2.69 bits per heavy atom. The number of hydrogen-bond acceptors (Lipinski definition) is 4. The van der Waals surface area contributed by atoms with Crippen LogP contribution in [0.1, 0.15) is 15.9 Å². The summed E-state index contributed by atoms with van der Waals surface area (Å²) >= 11 is 0. The van der Waals surface area contributed by atoms with E-state index in [1.165, 1.54) is 10.6 Å². The Morgan fingerprint density at radius 1 is 1.23 bits per heavy atom. The largest absolute Gasteiger partial charge is 0.447 e. The number of amides is 2. The summed E-state index contributed by atoms with van der Waals surface area (Å²) in [5.41, 5.74) is 1.24.